The molecule has 2 rings (SSSR count). The van der Waals surface area contributed by atoms with Crippen LogP contribution >= 0.6 is 0 Å². The molecule has 0 radical (unpaired) electrons. The average molecular weight is 256 g/mol. The van der Waals surface area contributed by atoms with E-state index in [1.54, 1.807) is 19.4 Å². The summed E-state index contributed by atoms with van der Waals surface area (Å²) in [4.78, 5) is 0. The molecule has 1 heterocycles. The molecule has 5 nitrogen and oxygen atoms in total. The minimum absolute atomic E-state index is 0.558. The van der Waals surface area contributed by atoms with Crippen LogP contribution in [0.3, 0.4) is 0 Å². The number of rotatable bonds is 6. The smallest absolute Gasteiger partial charge is 0.136 e. The third kappa shape index (κ3) is 3.57. The first-order chi connectivity index (χ1) is 9.33. The van der Waals surface area contributed by atoms with Gasteiger partial charge in [0.2, 0.25) is 0 Å². The van der Waals surface area contributed by atoms with Crippen LogP contribution in [0.5, 0.6) is 5.75 Å². The fourth-order valence-electron chi connectivity index (χ4n) is 1.80. The Morgan fingerprint density at radius 1 is 1.47 bits per heavy atom. The van der Waals surface area contributed by atoms with Gasteiger partial charge in [-0.2, -0.15) is 10.4 Å². The minimum atomic E-state index is 0.558. The highest BCUT2D eigenvalue weighted by Crippen LogP contribution is 2.18. The lowest BCUT2D eigenvalue weighted by Gasteiger charge is -2.08. The Bertz CT molecular complexity index is 557. The first kappa shape index (κ1) is 13.1. The van der Waals surface area contributed by atoms with Crippen molar-refractivity contribution in [1.82, 2.24) is 15.1 Å². The van der Waals surface area contributed by atoms with Crippen molar-refractivity contribution < 1.29 is 4.74 Å². The van der Waals surface area contributed by atoms with E-state index in [9.17, 15) is 0 Å². The molecule has 0 aliphatic heterocycles. The summed E-state index contributed by atoms with van der Waals surface area (Å²) in [5, 5.41) is 16.4. The number of hydrogen-bond acceptors (Lipinski definition) is 4. The molecule has 0 saturated carbocycles. The van der Waals surface area contributed by atoms with Gasteiger partial charge >= 0.3 is 0 Å². The third-order valence-corrected chi connectivity index (χ3v) is 2.79. The fourth-order valence-corrected chi connectivity index (χ4v) is 1.80. The van der Waals surface area contributed by atoms with Gasteiger partial charge in [0, 0.05) is 25.5 Å². The standard InChI is InChI=1S/C14H16N4O/c1-19-14-9-12(3-4-13(14)10-15)11-16-6-8-18-7-2-5-17-18/h2-5,7,9,16H,6,8,11H2,1H3. The van der Waals surface area contributed by atoms with E-state index in [-0.39, 0.29) is 0 Å². The Morgan fingerprint density at radius 2 is 2.37 bits per heavy atom. The average Bonchev–Trinajstić information content (AvgIpc) is 2.96. The Labute approximate surface area is 112 Å². The van der Waals surface area contributed by atoms with Crippen molar-refractivity contribution in [2.24, 2.45) is 0 Å². The molecule has 19 heavy (non-hydrogen) atoms. The minimum Gasteiger partial charge on any atom is -0.495 e. The van der Waals surface area contributed by atoms with Crippen LogP contribution in [0.2, 0.25) is 0 Å². The van der Waals surface area contributed by atoms with Crippen LogP contribution in [0.25, 0.3) is 0 Å². The molecule has 1 N–H and O–H groups in total. The number of methoxy groups -OCH3 is 1. The zero-order valence-corrected chi connectivity index (χ0v) is 10.8. The van der Waals surface area contributed by atoms with Gasteiger partial charge in [0.05, 0.1) is 19.2 Å². The summed E-state index contributed by atoms with van der Waals surface area (Å²) >= 11 is 0. The Morgan fingerprint density at radius 3 is 3.05 bits per heavy atom. The van der Waals surface area contributed by atoms with Crippen molar-refractivity contribution in [2.75, 3.05) is 13.7 Å². The van der Waals surface area contributed by atoms with Crippen LogP contribution in [0.4, 0.5) is 0 Å². The molecule has 2 aromatic rings. The van der Waals surface area contributed by atoms with Crippen LogP contribution in [0, 0.1) is 11.3 Å². The first-order valence-corrected chi connectivity index (χ1v) is 6.08. The molecule has 1 aromatic carbocycles. The molecule has 5 heteroatoms. The van der Waals surface area contributed by atoms with Crippen molar-refractivity contribution in [3.05, 3.63) is 47.8 Å². The summed E-state index contributed by atoms with van der Waals surface area (Å²) in [5.41, 5.74) is 1.65. The van der Waals surface area contributed by atoms with Crippen molar-refractivity contribution >= 4 is 0 Å². The van der Waals surface area contributed by atoms with E-state index in [0.29, 0.717) is 11.3 Å². The number of nitrogens with zero attached hydrogens (tertiary/aromatic N) is 3. The number of nitriles is 1. The quantitative estimate of drug-likeness (QED) is 0.797. The lowest BCUT2D eigenvalue weighted by Crippen LogP contribution is -2.19. The topological polar surface area (TPSA) is 62.9 Å². The van der Waals surface area contributed by atoms with Gasteiger partial charge in [0.15, 0.2) is 0 Å². The van der Waals surface area contributed by atoms with E-state index < -0.39 is 0 Å². The van der Waals surface area contributed by atoms with Gasteiger partial charge < -0.3 is 10.1 Å². The monoisotopic (exact) mass is 256 g/mol. The van der Waals surface area contributed by atoms with Crippen molar-refractivity contribution in [3.8, 4) is 11.8 Å². The molecule has 0 fully saturated rings. The lowest BCUT2D eigenvalue weighted by molar-refractivity contribution is 0.412. The second kappa shape index (κ2) is 6.57. The number of ether oxygens (including phenoxy) is 1. The summed E-state index contributed by atoms with van der Waals surface area (Å²) in [5.74, 6) is 0.619. The Kier molecular flexibility index (Phi) is 4.54. The number of nitrogens with one attached hydrogen (secondary N) is 1. The van der Waals surface area contributed by atoms with Gasteiger partial charge in [0.25, 0.3) is 0 Å². The third-order valence-electron chi connectivity index (χ3n) is 2.79. The SMILES string of the molecule is COc1cc(CNCCn2cccn2)ccc1C#N. The maximum Gasteiger partial charge on any atom is 0.136 e. The zero-order valence-electron chi connectivity index (χ0n) is 10.8. The maximum absolute atomic E-state index is 8.90. The van der Waals surface area contributed by atoms with Gasteiger partial charge in [-0.05, 0) is 23.8 Å². The molecule has 0 aliphatic rings. The first-order valence-electron chi connectivity index (χ1n) is 6.08. The van der Waals surface area contributed by atoms with Gasteiger partial charge in [-0.25, -0.2) is 0 Å². The van der Waals surface area contributed by atoms with E-state index >= 15 is 0 Å². The number of benzene rings is 1. The van der Waals surface area contributed by atoms with Gasteiger partial charge in [-0.15, -0.1) is 0 Å². The van der Waals surface area contributed by atoms with Gasteiger partial charge in [0.1, 0.15) is 11.8 Å². The van der Waals surface area contributed by atoms with E-state index in [1.807, 2.05) is 29.1 Å². The second-order valence-corrected chi connectivity index (χ2v) is 4.09. The van der Waals surface area contributed by atoms with E-state index in [4.69, 9.17) is 10.00 Å². The van der Waals surface area contributed by atoms with Crippen molar-refractivity contribution in [2.45, 2.75) is 13.1 Å². The normalized spacial score (nSPS) is 10.1. The molecule has 0 amide bonds. The van der Waals surface area contributed by atoms with Crippen molar-refractivity contribution in [1.29, 1.82) is 5.26 Å². The van der Waals surface area contributed by atoms with Crippen LogP contribution < -0.4 is 10.1 Å². The Balaban J connectivity index is 1.84. The number of hydrogen-bond donors (Lipinski definition) is 1. The van der Waals surface area contributed by atoms with E-state index in [2.05, 4.69) is 16.5 Å². The Hall–Kier alpha value is -2.32. The van der Waals surface area contributed by atoms with Crippen LogP contribution in [0.15, 0.2) is 36.7 Å². The summed E-state index contributed by atoms with van der Waals surface area (Å²) < 4.78 is 7.06. The molecular formula is C14H16N4O. The lowest BCUT2D eigenvalue weighted by atomic mass is 10.1. The highest BCUT2D eigenvalue weighted by Gasteiger charge is 2.03. The molecule has 1 aromatic heterocycles. The molecule has 0 aliphatic carbocycles. The summed E-state index contributed by atoms with van der Waals surface area (Å²) in [6.07, 6.45) is 3.71. The largest absolute Gasteiger partial charge is 0.495 e. The second-order valence-electron chi connectivity index (χ2n) is 4.09. The van der Waals surface area contributed by atoms with Crippen LogP contribution in [-0.4, -0.2) is 23.4 Å². The number of aromatic nitrogens is 2. The summed E-state index contributed by atoms with van der Waals surface area (Å²) in [6.45, 7) is 2.41. The van der Waals surface area contributed by atoms with Gasteiger partial charge in [-0.3, -0.25) is 4.68 Å². The fraction of sp³-hybridized carbons (Fsp3) is 0.286. The van der Waals surface area contributed by atoms with E-state index in [0.717, 1.165) is 25.2 Å². The molecule has 0 saturated heterocycles. The summed E-state index contributed by atoms with van der Waals surface area (Å²) in [6, 6.07) is 9.61. The molecule has 0 bridgehead atoms. The molecule has 0 atom stereocenters. The molecule has 98 valence electrons. The van der Waals surface area contributed by atoms with E-state index in [1.165, 1.54) is 0 Å². The van der Waals surface area contributed by atoms with Gasteiger partial charge in [-0.1, -0.05) is 6.07 Å². The van der Waals surface area contributed by atoms with Crippen LogP contribution in [-0.2, 0) is 13.1 Å². The molecule has 0 unspecified atom stereocenters. The predicted molar refractivity (Wildman–Crippen MR) is 71.6 cm³/mol. The van der Waals surface area contributed by atoms with Crippen LogP contribution in [0.1, 0.15) is 11.1 Å². The maximum atomic E-state index is 8.90. The van der Waals surface area contributed by atoms with Crippen molar-refractivity contribution in [3.63, 3.8) is 0 Å². The molecular weight excluding hydrogens is 240 g/mol. The highest BCUT2D eigenvalue weighted by molar-refractivity contribution is 5.45. The highest BCUT2D eigenvalue weighted by atomic mass is 16.5. The predicted octanol–water partition coefficient (Wildman–Crippen LogP) is 1.55. The molecule has 0 spiro atoms. The summed E-state index contributed by atoms with van der Waals surface area (Å²) in [7, 11) is 1.57. The zero-order chi connectivity index (χ0) is 13.5.